The van der Waals surface area contributed by atoms with Crippen molar-refractivity contribution in [1.29, 1.82) is 0 Å². The molecular weight excluding hydrogens is 480 g/mol. The van der Waals surface area contributed by atoms with E-state index in [0.29, 0.717) is 0 Å². The summed E-state index contributed by atoms with van der Waals surface area (Å²) in [6.45, 7) is 12.5. The molecule has 0 aromatic heterocycles. The van der Waals surface area contributed by atoms with Crippen LogP contribution in [0, 0.1) is 0 Å². The van der Waals surface area contributed by atoms with Gasteiger partial charge in [-0.2, -0.15) is 0 Å². The molecule has 0 amide bonds. The van der Waals surface area contributed by atoms with Crippen LogP contribution in [0.2, 0.25) is 0 Å². The van der Waals surface area contributed by atoms with E-state index in [4.69, 9.17) is 18.9 Å². The summed E-state index contributed by atoms with van der Waals surface area (Å²) >= 11 is 0. The predicted octanol–water partition coefficient (Wildman–Crippen LogP) is -1.93. The molecule has 0 saturated carbocycles. The van der Waals surface area contributed by atoms with Gasteiger partial charge in [0, 0.05) is 6.42 Å². The van der Waals surface area contributed by atoms with Gasteiger partial charge < -0.3 is 50.3 Å². The number of epoxide rings is 1. The van der Waals surface area contributed by atoms with Crippen molar-refractivity contribution < 1.29 is 59.8 Å². The molecule has 0 aliphatic carbocycles. The predicted molar refractivity (Wildman–Crippen MR) is 123 cm³/mol. The zero-order chi connectivity index (χ0) is 27.2. The first-order chi connectivity index (χ1) is 16.8. The van der Waals surface area contributed by atoms with Crippen molar-refractivity contribution in [3.8, 4) is 0 Å². The number of rotatable bonds is 13. The molecule has 3 saturated heterocycles. The largest absolute Gasteiger partial charge is 0.394 e. The molecule has 204 valence electrons. The van der Waals surface area contributed by atoms with Crippen molar-refractivity contribution in [3.05, 3.63) is 50.6 Å². The Hall–Kier alpha value is -1.52. The highest BCUT2D eigenvalue weighted by molar-refractivity contribution is 5.32. The number of ether oxygens (including phenoxy) is 4. The lowest BCUT2D eigenvalue weighted by Crippen LogP contribution is -2.82. The van der Waals surface area contributed by atoms with Crippen molar-refractivity contribution in [2.75, 3.05) is 13.2 Å². The molecule has 3 fully saturated rings. The van der Waals surface area contributed by atoms with Crippen molar-refractivity contribution >= 4 is 0 Å². The molecule has 3 rings (SSSR count). The molecule has 3 heterocycles. The van der Waals surface area contributed by atoms with Crippen molar-refractivity contribution in [1.82, 2.24) is 0 Å². The lowest BCUT2D eigenvalue weighted by Gasteiger charge is -2.60. The highest BCUT2D eigenvalue weighted by Gasteiger charge is 2.95. The monoisotopic (exact) mass is 516 g/mol. The maximum Gasteiger partial charge on any atom is 0.350 e. The number of fused-ring (bicyclic) bond motifs is 1. The van der Waals surface area contributed by atoms with Crippen LogP contribution >= 0.6 is 0 Å². The van der Waals surface area contributed by atoms with Crippen LogP contribution in [0.5, 0.6) is 0 Å². The summed E-state index contributed by atoms with van der Waals surface area (Å²) < 4.78 is 22.6. The van der Waals surface area contributed by atoms with Crippen molar-refractivity contribution in [3.63, 3.8) is 0 Å². The third-order valence-corrected chi connectivity index (χ3v) is 7.39. The van der Waals surface area contributed by atoms with E-state index in [-0.39, 0.29) is 12.8 Å². The Kier molecular flexibility index (Phi) is 7.79. The minimum absolute atomic E-state index is 0.165. The fraction of sp³-hybridized carbons (Fsp3) is 0.667. The van der Waals surface area contributed by atoms with Crippen LogP contribution in [0.3, 0.4) is 0 Å². The Morgan fingerprint density at radius 2 is 1.44 bits per heavy atom. The second-order valence-electron chi connectivity index (χ2n) is 9.38. The summed E-state index contributed by atoms with van der Waals surface area (Å²) in [5.41, 5.74) is -7.39. The summed E-state index contributed by atoms with van der Waals surface area (Å²) in [4.78, 5) is 0. The summed E-state index contributed by atoms with van der Waals surface area (Å²) in [6.07, 6.45) is -3.04. The summed E-state index contributed by atoms with van der Waals surface area (Å²) in [5.74, 6) is -8.13. The van der Waals surface area contributed by atoms with Crippen molar-refractivity contribution in [2.24, 2.45) is 0 Å². The average Bonchev–Trinajstić information content (AvgIpc) is 3.36. The molecule has 0 bridgehead atoms. The van der Waals surface area contributed by atoms with E-state index in [2.05, 4.69) is 26.3 Å². The van der Waals surface area contributed by atoms with E-state index in [1.165, 1.54) is 24.3 Å². The van der Waals surface area contributed by atoms with Gasteiger partial charge in [-0.3, -0.25) is 9.47 Å². The summed E-state index contributed by atoms with van der Waals surface area (Å²) in [6, 6.07) is 0. The molecule has 8 N–H and O–H groups in total. The third-order valence-electron chi connectivity index (χ3n) is 7.39. The number of hydrogen-bond donors (Lipinski definition) is 8. The van der Waals surface area contributed by atoms with Crippen LogP contribution in [0.4, 0.5) is 0 Å². The first-order valence-electron chi connectivity index (χ1n) is 11.5. The molecule has 12 heteroatoms. The lowest BCUT2D eigenvalue weighted by atomic mass is 9.59. The molecule has 0 aromatic carbocycles. The molecule has 3 aliphatic rings. The Bertz CT molecular complexity index is 883. The van der Waals surface area contributed by atoms with Crippen LogP contribution < -0.4 is 0 Å². The number of aliphatic hydroxyl groups excluding tert-OH is 5. The lowest BCUT2D eigenvalue weighted by molar-refractivity contribution is -0.450. The quantitative estimate of drug-likeness (QED) is 0.0997. The van der Waals surface area contributed by atoms with Gasteiger partial charge in [-0.05, 0) is 19.3 Å². The molecule has 2 unspecified atom stereocenters. The average molecular weight is 517 g/mol. The molecule has 0 aromatic rings. The van der Waals surface area contributed by atoms with Gasteiger partial charge in [0.05, 0.1) is 12.7 Å². The van der Waals surface area contributed by atoms with Crippen LogP contribution in [0.1, 0.15) is 25.7 Å². The minimum atomic E-state index is -2.86. The molecule has 3 aliphatic heterocycles. The summed E-state index contributed by atoms with van der Waals surface area (Å²) in [7, 11) is 0. The van der Waals surface area contributed by atoms with Gasteiger partial charge in [-0.1, -0.05) is 24.3 Å². The maximum atomic E-state index is 12.1. The van der Waals surface area contributed by atoms with Crippen molar-refractivity contribution in [2.45, 2.75) is 84.4 Å². The van der Waals surface area contributed by atoms with Gasteiger partial charge in [-0.15, -0.1) is 26.3 Å². The first kappa shape index (κ1) is 29.0. The Morgan fingerprint density at radius 3 is 1.92 bits per heavy atom. The van der Waals surface area contributed by atoms with Crippen LogP contribution in [-0.4, -0.2) is 113 Å². The second-order valence-corrected chi connectivity index (χ2v) is 9.38. The minimum Gasteiger partial charge on any atom is -0.394 e. The molecule has 0 spiro atoms. The van der Waals surface area contributed by atoms with Gasteiger partial charge in [0.25, 0.3) is 5.79 Å². The van der Waals surface area contributed by atoms with Gasteiger partial charge in [0.2, 0.25) is 5.79 Å². The SMILES string of the molecule is C=CCC(O)[C@@]1(CC=C)O[C@]2(OC3(CO)O[C@H](CO)[C@@H](O)[C@@H]3O)O[C@@]2(O)[C@](O)(CC=C)[C@@]1(O)CC=C. The van der Waals surface area contributed by atoms with Crippen LogP contribution in [-0.2, 0) is 18.9 Å². The zero-order valence-corrected chi connectivity index (χ0v) is 19.9. The Balaban J connectivity index is 2.24. The normalized spacial score (nSPS) is 48.6. The van der Waals surface area contributed by atoms with Gasteiger partial charge in [-0.25, -0.2) is 0 Å². The van der Waals surface area contributed by atoms with Crippen LogP contribution in [0.25, 0.3) is 0 Å². The van der Waals surface area contributed by atoms with Crippen LogP contribution in [0.15, 0.2) is 50.6 Å². The molecular formula is C24H36O12. The Morgan fingerprint density at radius 1 is 0.861 bits per heavy atom. The first-order valence-corrected chi connectivity index (χ1v) is 11.5. The molecule has 12 nitrogen and oxygen atoms in total. The third kappa shape index (κ3) is 3.53. The van der Waals surface area contributed by atoms with E-state index in [0.717, 1.165) is 0 Å². The zero-order valence-electron chi connectivity index (χ0n) is 19.9. The van der Waals surface area contributed by atoms with Gasteiger partial charge >= 0.3 is 5.97 Å². The van der Waals surface area contributed by atoms with Gasteiger partial charge in [0.1, 0.15) is 36.1 Å². The molecule has 36 heavy (non-hydrogen) atoms. The maximum absolute atomic E-state index is 12.1. The second kappa shape index (κ2) is 9.66. The van der Waals surface area contributed by atoms with E-state index < -0.39 is 84.8 Å². The number of hydrogen-bond acceptors (Lipinski definition) is 12. The topological polar surface area (TPSA) is 202 Å². The molecule has 0 radical (unpaired) electrons. The smallest absolute Gasteiger partial charge is 0.350 e. The van der Waals surface area contributed by atoms with E-state index in [1.54, 1.807) is 0 Å². The number of aliphatic hydroxyl groups is 8. The fourth-order valence-corrected chi connectivity index (χ4v) is 5.46. The van der Waals surface area contributed by atoms with E-state index in [1.807, 2.05) is 0 Å². The fourth-order valence-electron chi connectivity index (χ4n) is 5.46. The van der Waals surface area contributed by atoms with E-state index >= 15 is 0 Å². The Labute approximate surface area is 208 Å². The summed E-state index contributed by atoms with van der Waals surface area (Å²) in [5, 5.41) is 87.3. The molecule has 10 atom stereocenters. The standard InChI is InChI=1S/C24H36O12/c1-5-9-16(27)19(10-6-2)21(30,11-7-3)22(31,12-8-4)23(32)24(34-19,36-23)35-20(14-26)18(29)17(28)15(13-25)33-20/h5-8,15-18,25-32H,1-4,9-14H2/t15-,16?,17-,18+,19-,20?,21-,22+,23+,24-/m1/s1. The highest BCUT2D eigenvalue weighted by atomic mass is 17.0. The van der Waals surface area contributed by atoms with Gasteiger partial charge in [0.15, 0.2) is 5.60 Å². The van der Waals surface area contributed by atoms with E-state index in [9.17, 15) is 40.9 Å². The highest BCUT2D eigenvalue weighted by Crippen LogP contribution is 2.69.